The van der Waals surface area contributed by atoms with Crippen molar-refractivity contribution < 1.29 is 19.7 Å². The molecule has 0 spiro atoms. The van der Waals surface area contributed by atoms with Gasteiger partial charge in [-0.1, -0.05) is 0 Å². The molecule has 2 N–H and O–H groups in total. The van der Waals surface area contributed by atoms with Crippen LogP contribution in [0, 0.1) is 0 Å². The van der Waals surface area contributed by atoms with Crippen LogP contribution in [-0.2, 0) is 0 Å². The minimum absolute atomic E-state index is 0.00634. The molecule has 0 aromatic heterocycles. The first-order chi connectivity index (χ1) is 5.63. The Morgan fingerprint density at radius 3 is 2.58 bits per heavy atom. The van der Waals surface area contributed by atoms with Gasteiger partial charge in [0, 0.05) is 6.07 Å². The Bertz CT molecular complexity index is 306. The number of aromatic carboxylic acids is 1. The van der Waals surface area contributed by atoms with E-state index < -0.39 is 5.97 Å². The Labute approximate surface area is 69.0 Å². The average molecular weight is 168 g/mol. The normalized spacial score (nSPS) is 9.42. The molecule has 0 saturated carbocycles. The van der Waals surface area contributed by atoms with Crippen LogP contribution in [0.4, 0.5) is 0 Å². The molecular weight excluding hydrogens is 160 g/mol. The number of phenolic OH excluding ortho intramolecular Hbond substituents is 1. The maximum absolute atomic E-state index is 10.5. The molecule has 0 heterocycles. The van der Waals surface area contributed by atoms with Crippen LogP contribution in [0.5, 0.6) is 11.5 Å². The first-order valence-electron chi connectivity index (χ1n) is 3.25. The van der Waals surface area contributed by atoms with Crippen molar-refractivity contribution in [2.75, 3.05) is 7.11 Å². The standard InChI is InChI=1S/C8H8O4/c1-12-7-3-5(8(10)11)2-6(9)4-7/h2-4,9H,1H3,(H,10,11). The smallest absolute Gasteiger partial charge is 0.335 e. The fourth-order valence-corrected chi connectivity index (χ4v) is 0.825. The van der Waals surface area contributed by atoms with E-state index in [0.717, 1.165) is 6.07 Å². The van der Waals surface area contributed by atoms with Crippen molar-refractivity contribution in [3.8, 4) is 11.5 Å². The van der Waals surface area contributed by atoms with Gasteiger partial charge in [-0.05, 0) is 12.1 Å². The molecule has 1 aromatic rings. The maximum Gasteiger partial charge on any atom is 0.335 e. The number of phenols is 1. The van der Waals surface area contributed by atoms with E-state index in [0.29, 0.717) is 5.75 Å². The Morgan fingerprint density at radius 2 is 2.08 bits per heavy atom. The number of rotatable bonds is 2. The lowest BCUT2D eigenvalue weighted by Gasteiger charge is -2.01. The third-order valence-electron chi connectivity index (χ3n) is 1.37. The zero-order chi connectivity index (χ0) is 9.14. The van der Waals surface area contributed by atoms with Gasteiger partial charge < -0.3 is 14.9 Å². The van der Waals surface area contributed by atoms with E-state index in [9.17, 15) is 4.79 Å². The molecule has 12 heavy (non-hydrogen) atoms. The summed E-state index contributed by atoms with van der Waals surface area (Å²) in [5.74, 6) is -0.886. The number of methoxy groups -OCH3 is 1. The average Bonchev–Trinajstić information content (AvgIpc) is 2.03. The molecule has 0 fully saturated rings. The van der Waals surface area contributed by atoms with Crippen LogP contribution in [0.1, 0.15) is 10.4 Å². The van der Waals surface area contributed by atoms with E-state index in [-0.39, 0.29) is 11.3 Å². The van der Waals surface area contributed by atoms with Crippen molar-refractivity contribution in [3.05, 3.63) is 23.8 Å². The molecular formula is C8H8O4. The molecule has 0 aliphatic carbocycles. The molecule has 4 nitrogen and oxygen atoms in total. The highest BCUT2D eigenvalue weighted by molar-refractivity contribution is 5.88. The molecule has 1 aromatic carbocycles. The molecule has 0 radical (unpaired) electrons. The molecule has 0 aliphatic heterocycles. The number of carboxylic acids is 1. The van der Waals surface area contributed by atoms with Crippen LogP contribution in [-0.4, -0.2) is 23.3 Å². The molecule has 1 rings (SSSR count). The minimum atomic E-state index is -1.09. The van der Waals surface area contributed by atoms with Crippen LogP contribution in [0.15, 0.2) is 18.2 Å². The van der Waals surface area contributed by atoms with Crippen molar-refractivity contribution in [1.82, 2.24) is 0 Å². The van der Waals surface area contributed by atoms with Crippen molar-refractivity contribution in [3.63, 3.8) is 0 Å². The van der Waals surface area contributed by atoms with Crippen molar-refractivity contribution in [2.24, 2.45) is 0 Å². The van der Waals surface area contributed by atoms with Gasteiger partial charge >= 0.3 is 5.97 Å². The van der Waals surface area contributed by atoms with E-state index in [4.69, 9.17) is 14.9 Å². The molecule has 0 saturated heterocycles. The number of ether oxygens (including phenoxy) is 1. The fourth-order valence-electron chi connectivity index (χ4n) is 0.825. The molecule has 64 valence electrons. The SMILES string of the molecule is COc1cc(O)cc(C(=O)O)c1. The third-order valence-corrected chi connectivity index (χ3v) is 1.37. The van der Waals surface area contributed by atoms with Crippen molar-refractivity contribution >= 4 is 5.97 Å². The molecule has 4 heteroatoms. The van der Waals surface area contributed by atoms with Gasteiger partial charge in [-0.25, -0.2) is 4.79 Å². The monoisotopic (exact) mass is 168 g/mol. The summed E-state index contributed by atoms with van der Waals surface area (Å²) in [5, 5.41) is 17.6. The predicted molar refractivity (Wildman–Crippen MR) is 41.6 cm³/mol. The summed E-state index contributed by atoms with van der Waals surface area (Å²) < 4.78 is 4.76. The summed E-state index contributed by atoms with van der Waals surface area (Å²) in [6.45, 7) is 0. The van der Waals surface area contributed by atoms with Gasteiger partial charge in [-0.2, -0.15) is 0 Å². The van der Waals surface area contributed by atoms with Gasteiger partial charge in [0.15, 0.2) is 0 Å². The molecule has 0 atom stereocenters. The van der Waals surface area contributed by atoms with E-state index in [1.54, 1.807) is 0 Å². The van der Waals surface area contributed by atoms with Gasteiger partial charge in [0.05, 0.1) is 12.7 Å². The van der Waals surface area contributed by atoms with Gasteiger partial charge in [0.2, 0.25) is 0 Å². The Hall–Kier alpha value is -1.71. The van der Waals surface area contributed by atoms with Crippen LogP contribution in [0.3, 0.4) is 0 Å². The summed E-state index contributed by atoms with van der Waals surface area (Å²) in [4.78, 5) is 10.5. The van der Waals surface area contributed by atoms with E-state index in [1.807, 2.05) is 0 Å². The predicted octanol–water partition coefficient (Wildman–Crippen LogP) is 1.10. The largest absolute Gasteiger partial charge is 0.508 e. The fraction of sp³-hybridized carbons (Fsp3) is 0.125. The highest BCUT2D eigenvalue weighted by Crippen LogP contribution is 2.21. The first-order valence-corrected chi connectivity index (χ1v) is 3.25. The number of benzene rings is 1. The highest BCUT2D eigenvalue weighted by Gasteiger charge is 2.05. The molecule has 0 aliphatic rings. The van der Waals surface area contributed by atoms with Gasteiger partial charge in [-0.3, -0.25) is 0 Å². The highest BCUT2D eigenvalue weighted by atomic mass is 16.5. The molecule has 0 amide bonds. The molecule has 0 bridgehead atoms. The Kier molecular flexibility index (Phi) is 2.19. The summed E-state index contributed by atoms with van der Waals surface area (Å²) in [7, 11) is 1.40. The minimum Gasteiger partial charge on any atom is -0.508 e. The van der Waals surface area contributed by atoms with Crippen molar-refractivity contribution in [2.45, 2.75) is 0 Å². The topological polar surface area (TPSA) is 66.8 Å². The second-order valence-corrected chi connectivity index (χ2v) is 2.22. The van der Waals surface area contributed by atoms with Crippen LogP contribution in [0.2, 0.25) is 0 Å². The van der Waals surface area contributed by atoms with Crippen LogP contribution in [0.25, 0.3) is 0 Å². The zero-order valence-corrected chi connectivity index (χ0v) is 6.44. The number of hydrogen-bond donors (Lipinski definition) is 2. The second-order valence-electron chi connectivity index (χ2n) is 2.22. The Balaban J connectivity index is 3.15. The lowest BCUT2D eigenvalue weighted by molar-refractivity contribution is 0.0696. The number of aromatic hydroxyl groups is 1. The number of carboxylic acid groups (broad SMARTS) is 1. The lowest BCUT2D eigenvalue weighted by Crippen LogP contribution is -1.96. The van der Waals surface area contributed by atoms with Crippen LogP contribution < -0.4 is 4.74 Å². The Morgan fingerprint density at radius 1 is 1.42 bits per heavy atom. The van der Waals surface area contributed by atoms with Gasteiger partial charge in [-0.15, -0.1) is 0 Å². The lowest BCUT2D eigenvalue weighted by atomic mass is 10.2. The van der Waals surface area contributed by atoms with Crippen LogP contribution >= 0.6 is 0 Å². The van der Waals surface area contributed by atoms with Gasteiger partial charge in [0.25, 0.3) is 0 Å². The molecule has 0 unspecified atom stereocenters. The summed E-state index contributed by atoms with van der Waals surface area (Å²) in [5.41, 5.74) is 0.00634. The first kappa shape index (κ1) is 8.39. The summed E-state index contributed by atoms with van der Waals surface area (Å²) >= 11 is 0. The summed E-state index contributed by atoms with van der Waals surface area (Å²) in [6, 6.07) is 3.83. The van der Waals surface area contributed by atoms with E-state index in [1.165, 1.54) is 19.2 Å². The third kappa shape index (κ3) is 1.66. The zero-order valence-electron chi connectivity index (χ0n) is 6.44. The maximum atomic E-state index is 10.5. The second kappa shape index (κ2) is 3.13. The van der Waals surface area contributed by atoms with Crippen molar-refractivity contribution in [1.29, 1.82) is 0 Å². The number of hydrogen-bond acceptors (Lipinski definition) is 3. The van der Waals surface area contributed by atoms with E-state index >= 15 is 0 Å². The van der Waals surface area contributed by atoms with Gasteiger partial charge in [0.1, 0.15) is 11.5 Å². The summed E-state index contributed by atoms with van der Waals surface area (Å²) in [6.07, 6.45) is 0. The van der Waals surface area contributed by atoms with E-state index in [2.05, 4.69) is 0 Å². The quantitative estimate of drug-likeness (QED) is 0.693. The number of carbonyl (C=O) groups is 1.